The molecular weight excluding hydrogens is 568 g/mol. The highest BCUT2D eigenvalue weighted by Gasteiger charge is 2.22. The van der Waals surface area contributed by atoms with Gasteiger partial charge in [0.05, 0.1) is 6.54 Å². The number of nitrogens with one attached hydrogen (secondary N) is 2. The monoisotopic (exact) mass is 591 g/mol. The van der Waals surface area contributed by atoms with Crippen LogP contribution in [0.25, 0.3) is 33.5 Å². The van der Waals surface area contributed by atoms with Crippen molar-refractivity contribution in [1.29, 1.82) is 0 Å². The third kappa shape index (κ3) is 5.32. The molecule has 214 valence electrons. The first-order valence-corrected chi connectivity index (χ1v) is 13.5. The van der Waals surface area contributed by atoms with E-state index in [1.54, 1.807) is 31.2 Å². The molecule has 0 aliphatic carbocycles. The third-order valence-electron chi connectivity index (χ3n) is 7.13. The zero-order valence-electron chi connectivity index (χ0n) is 22.3. The summed E-state index contributed by atoms with van der Waals surface area (Å²) < 4.78 is 35.2. The van der Waals surface area contributed by atoms with Gasteiger partial charge in [-0.1, -0.05) is 41.0 Å². The molecule has 1 saturated heterocycles. The number of pyridine rings is 1. The molecule has 0 spiro atoms. The van der Waals surface area contributed by atoms with Crippen LogP contribution >= 0.6 is 11.6 Å². The summed E-state index contributed by atoms with van der Waals surface area (Å²) >= 11 is 6.66. The van der Waals surface area contributed by atoms with E-state index in [4.69, 9.17) is 16.1 Å². The van der Waals surface area contributed by atoms with Gasteiger partial charge in [0, 0.05) is 64.8 Å². The van der Waals surface area contributed by atoms with Crippen LogP contribution in [0.4, 0.5) is 14.7 Å². The molecule has 1 aliphatic rings. The third-order valence-corrected chi connectivity index (χ3v) is 7.44. The molecule has 10 nitrogen and oxygen atoms in total. The lowest BCUT2D eigenvalue weighted by Crippen LogP contribution is -2.40. The Labute approximate surface area is 242 Å². The van der Waals surface area contributed by atoms with Gasteiger partial charge in [-0.15, -0.1) is 0 Å². The van der Waals surface area contributed by atoms with Gasteiger partial charge in [0.1, 0.15) is 18.1 Å². The number of amides is 1. The number of carbonyl (C=O) groups is 1. The minimum atomic E-state index is -0.909. The van der Waals surface area contributed by atoms with E-state index in [-0.39, 0.29) is 58.2 Å². The number of anilines is 1. The molecule has 2 N–H and O–H groups in total. The van der Waals surface area contributed by atoms with Gasteiger partial charge in [0.2, 0.25) is 23.6 Å². The van der Waals surface area contributed by atoms with E-state index in [0.29, 0.717) is 41.2 Å². The van der Waals surface area contributed by atoms with E-state index in [9.17, 15) is 18.4 Å². The Morgan fingerprint density at radius 1 is 1.17 bits per heavy atom. The number of nitrogens with zero attached hydrogens (tertiary/aromatic N) is 5. The second kappa shape index (κ2) is 11.3. The maximum absolute atomic E-state index is 15.0. The Morgan fingerprint density at radius 3 is 2.76 bits per heavy atom. The molecule has 1 unspecified atom stereocenters. The van der Waals surface area contributed by atoms with E-state index >= 15 is 0 Å². The second-order valence-electron chi connectivity index (χ2n) is 9.95. The first-order valence-electron chi connectivity index (χ1n) is 13.2. The highest BCUT2D eigenvalue weighted by Crippen LogP contribution is 2.32. The van der Waals surface area contributed by atoms with Crippen LogP contribution in [-0.4, -0.2) is 43.2 Å². The minimum absolute atomic E-state index is 0.0338. The molecule has 0 saturated carbocycles. The summed E-state index contributed by atoms with van der Waals surface area (Å²) in [4.78, 5) is 39.1. The van der Waals surface area contributed by atoms with Crippen molar-refractivity contribution in [2.45, 2.75) is 39.0 Å². The number of benzene rings is 2. The van der Waals surface area contributed by atoms with Gasteiger partial charge in [-0.05, 0) is 30.2 Å². The van der Waals surface area contributed by atoms with Gasteiger partial charge < -0.3 is 15.2 Å². The first kappa shape index (κ1) is 27.5. The van der Waals surface area contributed by atoms with Gasteiger partial charge in [-0.3, -0.25) is 14.2 Å². The summed E-state index contributed by atoms with van der Waals surface area (Å²) in [6.07, 6.45) is 2.46. The van der Waals surface area contributed by atoms with E-state index in [0.717, 1.165) is 0 Å². The summed E-state index contributed by atoms with van der Waals surface area (Å²) in [6.45, 7) is 0.995. The van der Waals surface area contributed by atoms with Crippen LogP contribution < -0.4 is 16.2 Å². The number of carbonyl (C=O) groups excluding carboxylic acids is 1. The van der Waals surface area contributed by atoms with E-state index in [1.165, 1.54) is 29.0 Å². The van der Waals surface area contributed by atoms with Gasteiger partial charge in [0.25, 0.3) is 5.56 Å². The minimum Gasteiger partial charge on any atom is -0.356 e. The van der Waals surface area contributed by atoms with Gasteiger partial charge in [0.15, 0.2) is 0 Å². The summed E-state index contributed by atoms with van der Waals surface area (Å²) in [7, 11) is 0. The lowest BCUT2D eigenvalue weighted by molar-refractivity contribution is -0.122. The number of aromatic nitrogens is 5. The van der Waals surface area contributed by atoms with Crippen molar-refractivity contribution >= 4 is 34.5 Å². The number of rotatable bonds is 7. The molecule has 1 amide bonds. The number of halogens is 3. The molecular formula is C29H24ClF2N7O3. The Hall–Kier alpha value is -4.71. The molecule has 3 aromatic heterocycles. The summed E-state index contributed by atoms with van der Waals surface area (Å²) in [5.74, 6) is 0.217. The fraction of sp³-hybridized carbons (Fsp3) is 0.241. The Kier molecular flexibility index (Phi) is 7.38. The molecule has 1 fully saturated rings. The largest absolute Gasteiger partial charge is 0.356 e. The van der Waals surface area contributed by atoms with E-state index < -0.39 is 18.1 Å². The highest BCUT2D eigenvalue weighted by atomic mass is 35.5. The maximum atomic E-state index is 15.0. The Morgan fingerprint density at radius 2 is 2.02 bits per heavy atom. The fourth-order valence-corrected chi connectivity index (χ4v) is 5.29. The molecule has 0 radical (unpaired) electrons. The van der Waals surface area contributed by atoms with Crippen LogP contribution in [0.5, 0.6) is 0 Å². The van der Waals surface area contributed by atoms with Crippen LogP contribution in [0, 0.1) is 12.7 Å². The summed E-state index contributed by atoms with van der Waals surface area (Å²) in [5, 5.41) is 10.6. The van der Waals surface area contributed by atoms with Crippen LogP contribution in [0.1, 0.15) is 29.9 Å². The van der Waals surface area contributed by atoms with Crippen LogP contribution in [0.15, 0.2) is 58.0 Å². The molecule has 6 rings (SSSR count). The van der Waals surface area contributed by atoms with Gasteiger partial charge >= 0.3 is 0 Å². The number of alkyl halides is 1. The molecule has 2 aromatic carbocycles. The predicted molar refractivity (Wildman–Crippen MR) is 152 cm³/mol. The molecule has 1 aliphatic heterocycles. The normalized spacial score (nSPS) is 15.1. The summed E-state index contributed by atoms with van der Waals surface area (Å²) in [5.41, 5.74) is 1.08. The van der Waals surface area contributed by atoms with Crippen molar-refractivity contribution < 1.29 is 18.1 Å². The van der Waals surface area contributed by atoms with Gasteiger partial charge in [-0.25, -0.2) is 13.8 Å². The number of hydrogen-bond donors (Lipinski definition) is 2. The lowest BCUT2D eigenvalue weighted by Gasteiger charge is -2.23. The van der Waals surface area contributed by atoms with Crippen molar-refractivity contribution in [2.24, 2.45) is 0 Å². The van der Waals surface area contributed by atoms with E-state index in [1.807, 2.05) is 0 Å². The molecule has 4 heterocycles. The van der Waals surface area contributed by atoms with Crippen molar-refractivity contribution in [3.05, 3.63) is 86.9 Å². The maximum Gasteiger partial charge on any atom is 0.260 e. The van der Waals surface area contributed by atoms with Gasteiger partial charge in [-0.2, -0.15) is 9.97 Å². The lowest BCUT2D eigenvalue weighted by atomic mass is 10.0. The average Bonchev–Trinajstić information content (AvgIpc) is 3.41. The standard InChI is InChI=1S/C29H24ClF2N7O3/c1-15-35-26(38-42-15)16-5-6-20(23(30)10-16)21-9-18-13-34-29(36-19-7-8-33-25(40)11-19)37-27(18)39(28(21)41)14-22-17(12-31)3-2-4-24(22)32/h2-6,9-10,13,19H,7-8,11-12,14H2,1H3,(H,33,40)(H,34,36,37). The summed E-state index contributed by atoms with van der Waals surface area (Å²) in [6, 6.07) is 10.5. The van der Waals surface area contributed by atoms with Crippen molar-refractivity contribution in [3.63, 3.8) is 0 Å². The molecule has 0 bridgehead atoms. The SMILES string of the molecule is Cc1nc(-c2ccc(-c3cc4cnc(NC5CCNC(=O)C5)nc4n(Cc4c(F)cccc4CF)c3=O)c(Cl)c2)no1. The topological polar surface area (TPSA) is 128 Å². The zero-order valence-corrected chi connectivity index (χ0v) is 23.1. The number of piperidine rings is 1. The zero-order chi connectivity index (χ0) is 29.4. The van der Waals surface area contributed by atoms with E-state index in [2.05, 4.69) is 30.7 Å². The smallest absolute Gasteiger partial charge is 0.260 e. The van der Waals surface area contributed by atoms with Crippen LogP contribution in [-0.2, 0) is 18.0 Å². The Balaban J connectivity index is 1.49. The quantitative estimate of drug-likeness (QED) is 0.276. The van der Waals surface area contributed by atoms with Crippen LogP contribution in [0.2, 0.25) is 5.02 Å². The Bertz CT molecular complexity index is 1890. The molecule has 5 aromatic rings. The highest BCUT2D eigenvalue weighted by molar-refractivity contribution is 6.33. The molecule has 1 atom stereocenters. The number of fused-ring (bicyclic) bond motifs is 1. The van der Waals surface area contributed by atoms with Crippen molar-refractivity contribution in [2.75, 3.05) is 11.9 Å². The van der Waals surface area contributed by atoms with Crippen LogP contribution in [0.3, 0.4) is 0 Å². The van der Waals surface area contributed by atoms with Crippen molar-refractivity contribution in [1.82, 2.24) is 30.0 Å². The molecule has 42 heavy (non-hydrogen) atoms. The second-order valence-corrected chi connectivity index (χ2v) is 10.4. The first-order chi connectivity index (χ1) is 20.3. The fourth-order valence-electron chi connectivity index (χ4n) is 5.01. The predicted octanol–water partition coefficient (Wildman–Crippen LogP) is 4.82. The number of hydrogen-bond acceptors (Lipinski definition) is 8. The van der Waals surface area contributed by atoms with Crippen molar-refractivity contribution in [3.8, 4) is 22.5 Å². The average molecular weight is 592 g/mol. The number of aryl methyl sites for hydroxylation is 1. The molecule has 13 heteroatoms.